The van der Waals surface area contributed by atoms with Crippen LogP contribution in [0.1, 0.15) is 27.0 Å². The molecule has 1 heterocycles. The molecule has 1 fully saturated rings. The lowest BCUT2D eigenvalue weighted by molar-refractivity contribution is -0.200. The van der Waals surface area contributed by atoms with Gasteiger partial charge in [-0.25, -0.2) is 4.79 Å². The summed E-state index contributed by atoms with van der Waals surface area (Å²) in [6.45, 7) is -0.405. The van der Waals surface area contributed by atoms with Crippen molar-refractivity contribution in [3.8, 4) is 0 Å². The van der Waals surface area contributed by atoms with Crippen LogP contribution < -0.4 is 0 Å². The van der Waals surface area contributed by atoms with E-state index in [1.165, 1.54) is 12.1 Å². The zero-order valence-corrected chi connectivity index (χ0v) is 20.3. The van der Waals surface area contributed by atoms with Crippen molar-refractivity contribution in [1.82, 2.24) is 0 Å². The summed E-state index contributed by atoms with van der Waals surface area (Å²) in [6.07, 6.45) is -5.96. The van der Waals surface area contributed by atoms with Crippen LogP contribution in [0.3, 0.4) is 0 Å². The summed E-state index contributed by atoms with van der Waals surface area (Å²) >= 11 is 0. The van der Waals surface area contributed by atoms with Gasteiger partial charge in [0.1, 0.15) is 11.7 Å². The summed E-state index contributed by atoms with van der Waals surface area (Å²) in [5.41, 5.74) is 1.20. The van der Waals surface area contributed by atoms with E-state index in [1.54, 1.807) is 18.2 Å². The molecule has 0 spiro atoms. The SMILES string of the molecule is O=C(O[C@H]1[C@@H](COC(c2ccccc2)(c2ccccc2)c2ccccc2)OC(O)C1(F)F)c1ccccc1. The van der Waals surface area contributed by atoms with Crippen LogP contribution in [0, 0.1) is 0 Å². The van der Waals surface area contributed by atoms with Gasteiger partial charge in [-0.2, -0.15) is 8.78 Å². The molecule has 0 amide bonds. The summed E-state index contributed by atoms with van der Waals surface area (Å²) in [7, 11) is 0. The van der Waals surface area contributed by atoms with Gasteiger partial charge in [0.15, 0.2) is 6.10 Å². The molecule has 0 aromatic heterocycles. The summed E-state index contributed by atoms with van der Waals surface area (Å²) in [4.78, 5) is 12.7. The molecule has 1 unspecified atom stereocenters. The Balaban J connectivity index is 1.52. The maximum absolute atomic E-state index is 15.0. The first-order chi connectivity index (χ1) is 18.4. The molecule has 194 valence electrons. The molecule has 1 aliphatic heterocycles. The summed E-state index contributed by atoms with van der Waals surface area (Å²) < 4.78 is 47.0. The van der Waals surface area contributed by atoms with Gasteiger partial charge in [0.05, 0.1) is 12.2 Å². The van der Waals surface area contributed by atoms with Crippen molar-refractivity contribution < 1.29 is 32.9 Å². The third-order valence-corrected chi connectivity index (χ3v) is 6.60. The zero-order chi connectivity index (χ0) is 26.6. The van der Waals surface area contributed by atoms with Gasteiger partial charge in [0, 0.05) is 0 Å². The van der Waals surface area contributed by atoms with Crippen LogP contribution in [0.2, 0.25) is 0 Å². The van der Waals surface area contributed by atoms with E-state index in [4.69, 9.17) is 14.2 Å². The lowest BCUT2D eigenvalue weighted by atomic mass is 9.80. The third-order valence-electron chi connectivity index (χ3n) is 6.60. The number of ether oxygens (including phenoxy) is 3. The predicted octanol–water partition coefficient (Wildman–Crippen LogP) is 5.57. The first kappa shape index (κ1) is 25.7. The number of halogens is 2. The number of carbonyl (C=O) groups excluding carboxylic acids is 1. The van der Waals surface area contributed by atoms with Crippen molar-refractivity contribution in [2.24, 2.45) is 0 Å². The van der Waals surface area contributed by atoms with Gasteiger partial charge in [-0.05, 0) is 28.8 Å². The maximum Gasteiger partial charge on any atom is 0.338 e. The molecule has 0 saturated carbocycles. The minimum atomic E-state index is -3.84. The molecule has 5 nitrogen and oxygen atoms in total. The van der Waals surface area contributed by atoms with Gasteiger partial charge in [-0.3, -0.25) is 0 Å². The Morgan fingerprint density at radius 1 is 0.763 bits per heavy atom. The molecule has 1 N–H and O–H groups in total. The highest BCUT2D eigenvalue weighted by atomic mass is 19.3. The molecule has 0 radical (unpaired) electrons. The first-order valence-electron chi connectivity index (χ1n) is 12.2. The highest BCUT2D eigenvalue weighted by Crippen LogP contribution is 2.43. The van der Waals surface area contributed by atoms with Crippen molar-refractivity contribution in [1.29, 1.82) is 0 Å². The van der Waals surface area contributed by atoms with E-state index in [0.29, 0.717) is 0 Å². The van der Waals surface area contributed by atoms with Crippen molar-refractivity contribution in [2.45, 2.75) is 30.0 Å². The molecule has 0 bridgehead atoms. The molecule has 1 aliphatic rings. The third kappa shape index (κ3) is 4.84. The van der Waals surface area contributed by atoms with Crippen molar-refractivity contribution >= 4 is 5.97 Å². The Bertz CT molecular complexity index is 1240. The summed E-state index contributed by atoms with van der Waals surface area (Å²) in [5, 5.41) is 10.0. The second-order valence-corrected chi connectivity index (χ2v) is 8.98. The molecule has 4 aromatic rings. The fourth-order valence-corrected chi connectivity index (χ4v) is 4.73. The fraction of sp³-hybridized carbons (Fsp3) is 0.194. The highest BCUT2D eigenvalue weighted by molar-refractivity contribution is 5.89. The van der Waals surface area contributed by atoms with E-state index >= 15 is 8.78 Å². The second-order valence-electron chi connectivity index (χ2n) is 8.98. The Morgan fingerprint density at radius 2 is 1.18 bits per heavy atom. The number of hydrogen-bond acceptors (Lipinski definition) is 5. The minimum Gasteiger partial charge on any atom is -0.449 e. The van der Waals surface area contributed by atoms with Gasteiger partial charge in [0.2, 0.25) is 6.29 Å². The van der Waals surface area contributed by atoms with Crippen LogP contribution in [-0.2, 0) is 19.8 Å². The molecule has 0 aliphatic carbocycles. The lowest BCUT2D eigenvalue weighted by Crippen LogP contribution is -2.45. The first-order valence-corrected chi connectivity index (χ1v) is 12.2. The van der Waals surface area contributed by atoms with Crippen LogP contribution in [-0.4, -0.2) is 42.1 Å². The fourth-order valence-electron chi connectivity index (χ4n) is 4.73. The average Bonchev–Trinajstić information content (AvgIpc) is 3.18. The van der Waals surface area contributed by atoms with Crippen molar-refractivity contribution in [3.63, 3.8) is 0 Å². The highest BCUT2D eigenvalue weighted by Gasteiger charge is 2.61. The lowest BCUT2D eigenvalue weighted by Gasteiger charge is -2.37. The van der Waals surface area contributed by atoms with Crippen LogP contribution in [0.15, 0.2) is 121 Å². The number of alkyl halides is 2. The number of aliphatic hydroxyl groups is 1. The largest absolute Gasteiger partial charge is 0.449 e. The number of rotatable bonds is 8. The van der Waals surface area contributed by atoms with Crippen LogP contribution in [0.5, 0.6) is 0 Å². The van der Waals surface area contributed by atoms with Crippen LogP contribution >= 0.6 is 0 Å². The number of benzene rings is 4. The standard InChI is InChI=1S/C31H26F2O5/c32-31(33)27(38-28(34)22-13-5-1-6-14-22)26(37-29(31)35)21-36-30(23-15-7-2-8-16-23,24-17-9-3-10-18-24)25-19-11-4-12-20-25/h1-20,26-27,29,35H,21H2/t26-,27+,29?/m1/s1. The van der Waals surface area contributed by atoms with E-state index in [2.05, 4.69) is 0 Å². The van der Waals surface area contributed by atoms with Gasteiger partial charge < -0.3 is 19.3 Å². The number of aliphatic hydroxyl groups excluding tert-OH is 1. The molecule has 1 saturated heterocycles. The van der Waals surface area contributed by atoms with Crippen molar-refractivity contribution in [3.05, 3.63) is 144 Å². The molecular weight excluding hydrogens is 490 g/mol. The monoisotopic (exact) mass is 516 g/mol. The van der Waals surface area contributed by atoms with Gasteiger partial charge in [-0.1, -0.05) is 109 Å². The summed E-state index contributed by atoms with van der Waals surface area (Å²) in [6, 6.07) is 36.0. The van der Waals surface area contributed by atoms with E-state index < -0.39 is 42.6 Å². The number of esters is 1. The van der Waals surface area contributed by atoms with Crippen LogP contribution in [0.4, 0.5) is 8.78 Å². The quantitative estimate of drug-likeness (QED) is 0.245. The van der Waals surface area contributed by atoms with Crippen molar-refractivity contribution in [2.75, 3.05) is 6.61 Å². The molecule has 3 atom stereocenters. The van der Waals surface area contributed by atoms with E-state index in [9.17, 15) is 9.90 Å². The molecule has 38 heavy (non-hydrogen) atoms. The molecule has 4 aromatic carbocycles. The number of hydrogen-bond donors (Lipinski definition) is 1. The maximum atomic E-state index is 15.0. The Hall–Kier alpha value is -3.91. The zero-order valence-electron chi connectivity index (χ0n) is 20.3. The Morgan fingerprint density at radius 3 is 1.63 bits per heavy atom. The smallest absolute Gasteiger partial charge is 0.338 e. The normalized spacial score (nSPS) is 20.7. The average molecular weight is 517 g/mol. The van der Waals surface area contributed by atoms with Gasteiger partial charge in [0.25, 0.3) is 0 Å². The molecular formula is C31H26F2O5. The number of carbonyl (C=O) groups is 1. The Kier molecular flexibility index (Phi) is 7.33. The topological polar surface area (TPSA) is 65.0 Å². The van der Waals surface area contributed by atoms with E-state index in [1.807, 2.05) is 91.0 Å². The van der Waals surface area contributed by atoms with E-state index in [0.717, 1.165) is 16.7 Å². The van der Waals surface area contributed by atoms with Gasteiger partial charge in [-0.15, -0.1) is 0 Å². The molecule has 7 heteroatoms. The minimum absolute atomic E-state index is 0.108. The van der Waals surface area contributed by atoms with E-state index in [-0.39, 0.29) is 5.56 Å². The molecule has 5 rings (SSSR count). The second kappa shape index (κ2) is 10.8. The Labute approximate surface area is 219 Å². The van der Waals surface area contributed by atoms with Crippen LogP contribution in [0.25, 0.3) is 0 Å². The summed E-state index contributed by atoms with van der Waals surface area (Å²) in [5.74, 6) is -4.79. The van der Waals surface area contributed by atoms with Gasteiger partial charge >= 0.3 is 11.9 Å². The predicted molar refractivity (Wildman–Crippen MR) is 137 cm³/mol.